The van der Waals surface area contributed by atoms with Crippen molar-refractivity contribution >= 4 is 12.0 Å². The number of ether oxygens (including phenoxy) is 2. The topological polar surface area (TPSA) is 55.8 Å². The molecule has 18 heavy (non-hydrogen) atoms. The van der Waals surface area contributed by atoms with Crippen molar-refractivity contribution in [2.24, 2.45) is 0 Å². The summed E-state index contributed by atoms with van der Waals surface area (Å²) in [5, 5.41) is 8.55. The van der Waals surface area contributed by atoms with Gasteiger partial charge in [-0.25, -0.2) is 4.79 Å². The maximum absolute atomic E-state index is 10.4. The normalized spacial score (nSPS) is 10.3. The third-order valence-electron chi connectivity index (χ3n) is 2.08. The van der Waals surface area contributed by atoms with Crippen LogP contribution >= 0.6 is 0 Å². The summed E-state index contributed by atoms with van der Waals surface area (Å²) >= 11 is 0. The fourth-order valence-electron chi connectivity index (χ4n) is 1.28. The molecule has 0 aliphatic rings. The van der Waals surface area contributed by atoms with Gasteiger partial charge >= 0.3 is 5.97 Å². The summed E-state index contributed by atoms with van der Waals surface area (Å²) in [4.78, 5) is 10.4. The smallest absolute Gasteiger partial charge is 0.328 e. The number of carboxylic acid groups (broad SMARTS) is 1. The van der Waals surface area contributed by atoms with Gasteiger partial charge in [0.05, 0.1) is 7.11 Å². The average Bonchev–Trinajstić information content (AvgIpc) is 2.34. The van der Waals surface area contributed by atoms with Crippen molar-refractivity contribution in [3.05, 3.63) is 42.0 Å². The van der Waals surface area contributed by atoms with Crippen LogP contribution in [0.3, 0.4) is 0 Å². The van der Waals surface area contributed by atoms with Crippen LogP contribution in [-0.2, 0) is 4.79 Å². The molecule has 0 spiro atoms. The van der Waals surface area contributed by atoms with Gasteiger partial charge in [-0.2, -0.15) is 0 Å². The molecule has 1 aromatic carbocycles. The van der Waals surface area contributed by atoms with E-state index in [2.05, 4.69) is 6.58 Å². The molecule has 0 amide bonds. The van der Waals surface area contributed by atoms with Crippen LogP contribution in [-0.4, -0.2) is 24.8 Å². The van der Waals surface area contributed by atoms with E-state index in [0.29, 0.717) is 18.1 Å². The molecule has 96 valence electrons. The number of benzene rings is 1. The van der Waals surface area contributed by atoms with Gasteiger partial charge in [0.25, 0.3) is 0 Å². The standard InChI is InChI=1S/C14H16O4/c1-10(2)9-18-12-6-4-11(5-7-14(15)16)8-13(12)17-3/h4-8H,1,9H2,2-3H3,(H,15,16). The average molecular weight is 248 g/mol. The van der Waals surface area contributed by atoms with Gasteiger partial charge in [-0.1, -0.05) is 12.6 Å². The predicted molar refractivity (Wildman–Crippen MR) is 70.0 cm³/mol. The molecule has 0 saturated carbocycles. The molecule has 0 aliphatic carbocycles. The van der Waals surface area contributed by atoms with Gasteiger partial charge in [0.2, 0.25) is 0 Å². The quantitative estimate of drug-likeness (QED) is 0.621. The Kier molecular flexibility index (Phi) is 4.99. The predicted octanol–water partition coefficient (Wildman–Crippen LogP) is 2.75. The molecular formula is C14H16O4. The highest BCUT2D eigenvalue weighted by Crippen LogP contribution is 2.28. The first-order chi connectivity index (χ1) is 8.52. The van der Waals surface area contributed by atoms with Gasteiger partial charge in [-0.15, -0.1) is 0 Å². The second-order valence-corrected chi connectivity index (χ2v) is 3.83. The minimum atomic E-state index is -0.989. The molecule has 0 aliphatic heterocycles. The van der Waals surface area contributed by atoms with Gasteiger partial charge in [-0.05, 0) is 36.3 Å². The lowest BCUT2D eigenvalue weighted by molar-refractivity contribution is -0.131. The highest BCUT2D eigenvalue weighted by atomic mass is 16.5. The molecule has 0 bridgehead atoms. The molecule has 1 N–H and O–H groups in total. The fourth-order valence-corrected chi connectivity index (χ4v) is 1.28. The van der Waals surface area contributed by atoms with Crippen molar-refractivity contribution in [2.75, 3.05) is 13.7 Å². The van der Waals surface area contributed by atoms with E-state index in [1.807, 2.05) is 6.92 Å². The van der Waals surface area contributed by atoms with Gasteiger partial charge in [0.1, 0.15) is 6.61 Å². The Hall–Kier alpha value is -2.23. The monoisotopic (exact) mass is 248 g/mol. The second kappa shape index (κ2) is 6.49. The van der Waals surface area contributed by atoms with Crippen LogP contribution in [0.5, 0.6) is 11.5 Å². The molecule has 4 nitrogen and oxygen atoms in total. The maximum Gasteiger partial charge on any atom is 0.328 e. The van der Waals surface area contributed by atoms with Gasteiger partial charge in [-0.3, -0.25) is 0 Å². The SMILES string of the molecule is C=C(C)COc1ccc(C=CC(=O)O)cc1OC. The van der Waals surface area contributed by atoms with Crippen molar-refractivity contribution in [1.82, 2.24) is 0 Å². The molecule has 0 aromatic heterocycles. The van der Waals surface area contributed by atoms with Crippen molar-refractivity contribution in [2.45, 2.75) is 6.92 Å². The van der Waals surface area contributed by atoms with Crippen molar-refractivity contribution in [3.63, 3.8) is 0 Å². The summed E-state index contributed by atoms with van der Waals surface area (Å²) < 4.78 is 10.7. The van der Waals surface area contributed by atoms with Crippen LogP contribution in [0.4, 0.5) is 0 Å². The molecule has 0 fully saturated rings. The zero-order valence-corrected chi connectivity index (χ0v) is 10.5. The van der Waals surface area contributed by atoms with Crippen LogP contribution < -0.4 is 9.47 Å². The van der Waals surface area contributed by atoms with Crippen LogP contribution in [0.25, 0.3) is 6.08 Å². The molecule has 1 rings (SSSR count). The molecule has 0 saturated heterocycles. The first kappa shape index (κ1) is 13.8. The fraction of sp³-hybridized carbons (Fsp3) is 0.214. The van der Waals surface area contributed by atoms with E-state index in [9.17, 15) is 4.79 Å². The Morgan fingerprint density at radius 3 is 2.72 bits per heavy atom. The number of aliphatic carboxylic acids is 1. The van der Waals surface area contributed by atoms with Crippen LogP contribution in [0.15, 0.2) is 36.4 Å². The lowest BCUT2D eigenvalue weighted by Crippen LogP contribution is -1.99. The highest BCUT2D eigenvalue weighted by molar-refractivity contribution is 5.85. The summed E-state index contributed by atoms with van der Waals surface area (Å²) in [6, 6.07) is 5.21. The van der Waals surface area contributed by atoms with Crippen LogP contribution in [0.2, 0.25) is 0 Å². The summed E-state index contributed by atoms with van der Waals surface area (Å²) in [5.41, 5.74) is 1.64. The second-order valence-electron chi connectivity index (χ2n) is 3.83. The molecule has 0 radical (unpaired) electrons. The van der Waals surface area contributed by atoms with E-state index < -0.39 is 5.97 Å². The Labute approximate surface area is 106 Å². The summed E-state index contributed by atoms with van der Waals surface area (Å²) in [7, 11) is 1.54. The van der Waals surface area contributed by atoms with Crippen molar-refractivity contribution in [3.8, 4) is 11.5 Å². The molecule has 0 heterocycles. The molecule has 0 unspecified atom stereocenters. The highest BCUT2D eigenvalue weighted by Gasteiger charge is 2.04. The van der Waals surface area contributed by atoms with Crippen LogP contribution in [0.1, 0.15) is 12.5 Å². The largest absolute Gasteiger partial charge is 0.493 e. The zero-order chi connectivity index (χ0) is 13.5. The third kappa shape index (κ3) is 4.33. The maximum atomic E-state index is 10.4. The minimum Gasteiger partial charge on any atom is -0.493 e. The van der Waals surface area contributed by atoms with E-state index >= 15 is 0 Å². The Balaban J connectivity index is 2.89. The molecule has 0 atom stereocenters. The summed E-state index contributed by atoms with van der Waals surface area (Å²) in [5.74, 6) is 0.174. The summed E-state index contributed by atoms with van der Waals surface area (Å²) in [6.45, 7) is 6.04. The minimum absolute atomic E-state index is 0.417. The van der Waals surface area contributed by atoms with Gasteiger partial charge in [0, 0.05) is 6.08 Å². The Bertz CT molecular complexity index is 475. The van der Waals surface area contributed by atoms with E-state index in [4.69, 9.17) is 14.6 Å². The number of rotatable bonds is 6. The van der Waals surface area contributed by atoms with Crippen LogP contribution in [0, 0.1) is 0 Å². The van der Waals surface area contributed by atoms with E-state index in [-0.39, 0.29) is 0 Å². The number of methoxy groups -OCH3 is 1. The van der Waals surface area contributed by atoms with Gasteiger partial charge < -0.3 is 14.6 Å². The number of hydrogen-bond acceptors (Lipinski definition) is 3. The number of carbonyl (C=O) groups is 1. The Morgan fingerprint density at radius 1 is 1.44 bits per heavy atom. The van der Waals surface area contributed by atoms with E-state index in [1.165, 1.54) is 13.2 Å². The third-order valence-corrected chi connectivity index (χ3v) is 2.08. The van der Waals surface area contributed by atoms with E-state index in [1.54, 1.807) is 18.2 Å². The summed E-state index contributed by atoms with van der Waals surface area (Å²) in [6.07, 6.45) is 2.57. The van der Waals surface area contributed by atoms with Crippen molar-refractivity contribution in [1.29, 1.82) is 0 Å². The lowest BCUT2D eigenvalue weighted by atomic mass is 10.2. The lowest BCUT2D eigenvalue weighted by Gasteiger charge is -2.11. The Morgan fingerprint density at radius 2 is 2.17 bits per heavy atom. The molecule has 4 heteroatoms. The van der Waals surface area contributed by atoms with Crippen molar-refractivity contribution < 1.29 is 19.4 Å². The molecular weight excluding hydrogens is 232 g/mol. The first-order valence-electron chi connectivity index (χ1n) is 5.39. The molecule has 1 aromatic rings. The zero-order valence-electron chi connectivity index (χ0n) is 10.5. The number of hydrogen-bond donors (Lipinski definition) is 1. The van der Waals surface area contributed by atoms with E-state index in [0.717, 1.165) is 17.2 Å². The van der Waals surface area contributed by atoms with Gasteiger partial charge in [0.15, 0.2) is 11.5 Å². The number of carboxylic acids is 1. The first-order valence-corrected chi connectivity index (χ1v) is 5.39.